The predicted octanol–water partition coefficient (Wildman–Crippen LogP) is 0.641. The van der Waals surface area contributed by atoms with E-state index in [0.717, 1.165) is 3.57 Å². The Balaban J connectivity index is 2.64. The van der Waals surface area contributed by atoms with Crippen LogP contribution in [0.4, 0.5) is 0 Å². The van der Waals surface area contributed by atoms with Crippen LogP contribution < -0.4 is 5.73 Å². The van der Waals surface area contributed by atoms with Gasteiger partial charge in [-0.15, -0.1) is 0 Å². The third kappa shape index (κ3) is 3.27. The molecule has 0 aliphatic rings. The molecule has 4 nitrogen and oxygen atoms in total. The van der Waals surface area contributed by atoms with E-state index >= 15 is 0 Å². The maximum atomic E-state index is 10.4. The van der Waals surface area contributed by atoms with E-state index < -0.39 is 12.0 Å². The summed E-state index contributed by atoms with van der Waals surface area (Å²) in [5.74, 6) is -1.000. The van der Waals surface area contributed by atoms with Crippen molar-refractivity contribution in [1.29, 1.82) is 0 Å². The van der Waals surface area contributed by atoms with Gasteiger partial charge in [-0.05, 0) is 34.7 Å². The molecule has 0 spiro atoms. The summed E-state index contributed by atoms with van der Waals surface area (Å²) in [7, 11) is 0. The molecule has 1 aromatic rings. The van der Waals surface area contributed by atoms with Gasteiger partial charge in [-0.3, -0.25) is 9.78 Å². The topological polar surface area (TPSA) is 76.2 Å². The van der Waals surface area contributed by atoms with E-state index in [0.29, 0.717) is 5.69 Å². The molecular formula is C8H9IN2O2. The molecule has 0 saturated carbocycles. The number of aromatic nitrogens is 1. The summed E-state index contributed by atoms with van der Waals surface area (Å²) in [5.41, 5.74) is 6.05. The predicted molar refractivity (Wildman–Crippen MR) is 56.3 cm³/mol. The van der Waals surface area contributed by atoms with Crippen LogP contribution in [0.15, 0.2) is 18.3 Å². The highest BCUT2D eigenvalue weighted by atomic mass is 127. The van der Waals surface area contributed by atoms with Gasteiger partial charge in [0.15, 0.2) is 0 Å². The number of pyridine rings is 1. The Morgan fingerprint density at radius 3 is 2.85 bits per heavy atom. The molecule has 0 aliphatic heterocycles. The monoisotopic (exact) mass is 292 g/mol. The fraction of sp³-hybridized carbons (Fsp3) is 0.250. The highest BCUT2D eigenvalue weighted by Crippen LogP contribution is 2.04. The minimum absolute atomic E-state index is 0.270. The third-order valence-electron chi connectivity index (χ3n) is 1.53. The van der Waals surface area contributed by atoms with Gasteiger partial charge < -0.3 is 10.8 Å². The number of halogens is 1. The SMILES string of the molecule is N[C@@H](Cc1ccc(I)cn1)C(=O)O. The van der Waals surface area contributed by atoms with Crippen LogP contribution in [-0.2, 0) is 11.2 Å². The Kier molecular flexibility index (Phi) is 3.61. The van der Waals surface area contributed by atoms with Crippen molar-refractivity contribution < 1.29 is 9.90 Å². The molecule has 0 unspecified atom stereocenters. The van der Waals surface area contributed by atoms with Crippen LogP contribution >= 0.6 is 22.6 Å². The number of rotatable bonds is 3. The summed E-state index contributed by atoms with van der Waals surface area (Å²) < 4.78 is 1.02. The van der Waals surface area contributed by atoms with Crippen molar-refractivity contribution in [3.8, 4) is 0 Å². The number of aliphatic carboxylic acids is 1. The Hall–Kier alpha value is -0.690. The third-order valence-corrected chi connectivity index (χ3v) is 2.17. The van der Waals surface area contributed by atoms with Crippen molar-refractivity contribution >= 4 is 28.6 Å². The van der Waals surface area contributed by atoms with Gasteiger partial charge in [0.2, 0.25) is 0 Å². The van der Waals surface area contributed by atoms with E-state index in [9.17, 15) is 4.79 Å². The quantitative estimate of drug-likeness (QED) is 0.802. The summed E-state index contributed by atoms with van der Waals surface area (Å²) in [6, 6.07) is 2.79. The molecule has 0 saturated heterocycles. The number of carboxylic acid groups (broad SMARTS) is 1. The minimum Gasteiger partial charge on any atom is -0.480 e. The van der Waals surface area contributed by atoms with Crippen LogP contribution in [-0.4, -0.2) is 22.1 Å². The molecular weight excluding hydrogens is 283 g/mol. The first kappa shape index (κ1) is 10.4. The van der Waals surface area contributed by atoms with Crippen LogP contribution in [0, 0.1) is 3.57 Å². The molecule has 5 heteroatoms. The number of nitrogens with zero attached hydrogens (tertiary/aromatic N) is 1. The highest BCUT2D eigenvalue weighted by molar-refractivity contribution is 14.1. The molecule has 1 aromatic heterocycles. The first-order chi connectivity index (χ1) is 6.09. The molecule has 0 radical (unpaired) electrons. The zero-order valence-corrected chi connectivity index (χ0v) is 8.93. The lowest BCUT2D eigenvalue weighted by molar-refractivity contribution is -0.138. The molecule has 13 heavy (non-hydrogen) atoms. The normalized spacial score (nSPS) is 12.5. The number of carboxylic acids is 1. The Labute approximate surface area is 89.3 Å². The minimum atomic E-state index is -1.000. The number of hydrogen-bond acceptors (Lipinski definition) is 3. The Bertz CT molecular complexity index is 300. The second kappa shape index (κ2) is 4.52. The zero-order valence-electron chi connectivity index (χ0n) is 6.77. The second-order valence-corrected chi connectivity index (χ2v) is 3.86. The maximum absolute atomic E-state index is 10.4. The number of hydrogen-bond donors (Lipinski definition) is 2. The van der Waals surface area contributed by atoms with Gasteiger partial charge in [0, 0.05) is 21.9 Å². The summed E-state index contributed by atoms with van der Waals surface area (Å²) in [4.78, 5) is 14.5. The van der Waals surface area contributed by atoms with Gasteiger partial charge in [-0.1, -0.05) is 0 Å². The van der Waals surface area contributed by atoms with Gasteiger partial charge >= 0.3 is 5.97 Å². The van der Waals surface area contributed by atoms with E-state index in [1.54, 1.807) is 12.3 Å². The maximum Gasteiger partial charge on any atom is 0.320 e. The molecule has 1 heterocycles. The van der Waals surface area contributed by atoms with Crippen molar-refractivity contribution in [2.45, 2.75) is 12.5 Å². The van der Waals surface area contributed by atoms with E-state index in [1.165, 1.54) is 0 Å². The van der Waals surface area contributed by atoms with Crippen LogP contribution in [0.3, 0.4) is 0 Å². The molecule has 70 valence electrons. The van der Waals surface area contributed by atoms with Gasteiger partial charge in [-0.2, -0.15) is 0 Å². The molecule has 1 atom stereocenters. The Morgan fingerprint density at radius 2 is 2.38 bits per heavy atom. The van der Waals surface area contributed by atoms with E-state index in [4.69, 9.17) is 10.8 Å². The molecule has 3 N–H and O–H groups in total. The Morgan fingerprint density at radius 1 is 1.69 bits per heavy atom. The van der Waals surface area contributed by atoms with Gasteiger partial charge in [0.25, 0.3) is 0 Å². The van der Waals surface area contributed by atoms with Crippen molar-refractivity contribution in [2.75, 3.05) is 0 Å². The zero-order chi connectivity index (χ0) is 9.84. The summed E-state index contributed by atoms with van der Waals surface area (Å²) in [6.45, 7) is 0. The fourth-order valence-corrected chi connectivity index (χ4v) is 1.16. The van der Waals surface area contributed by atoms with Crippen LogP contribution in [0.1, 0.15) is 5.69 Å². The first-order valence-electron chi connectivity index (χ1n) is 3.68. The largest absolute Gasteiger partial charge is 0.480 e. The van der Waals surface area contributed by atoms with Crippen LogP contribution in [0.25, 0.3) is 0 Å². The van der Waals surface area contributed by atoms with Crippen LogP contribution in [0.5, 0.6) is 0 Å². The summed E-state index contributed by atoms with van der Waals surface area (Å²) in [5, 5.41) is 8.54. The first-order valence-corrected chi connectivity index (χ1v) is 4.76. The highest BCUT2D eigenvalue weighted by Gasteiger charge is 2.12. The van der Waals surface area contributed by atoms with Crippen molar-refractivity contribution in [3.63, 3.8) is 0 Å². The van der Waals surface area contributed by atoms with E-state index in [2.05, 4.69) is 27.6 Å². The van der Waals surface area contributed by atoms with E-state index in [1.807, 2.05) is 6.07 Å². The lowest BCUT2D eigenvalue weighted by Crippen LogP contribution is -2.32. The standard InChI is InChI=1S/C8H9IN2O2/c9-5-1-2-6(11-4-5)3-7(10)8(12)13/h1-2,4,7H,3,10H2,(H,12,13)/t7-/m0/s1. The van der Waals surface area contributed by atoms with Crippen molar-refractivity contribution in [3.05, 3.63) is 27.6 Å². The van der Waals surface area contributed by atoms with Crippen molar-refractivity contribution in [2.24, 2.45) is 5.73 Å². The van der Waals surface area contributed by atoms with E-state index in [-0.39, 0.29) is 6.42 Å². The average Bonchev–Trinajstić information content (AvgIpc) is 2.08. The molecule has 0 amide bonds. The molecule has 0 aliphatic carbocycles. The number of carbonyl (C=O) groups is 1. The van der Waals surface area contributed by atoms with Crippen LogP contribution in [0.2, 0.25) is 0 Å². The molecule has 0 bridgehead atoms. The molecule has 0 aromatic carbocycles. The average molecular weight is 292 g/mol. The lowest BCUT2D eigenvalue weighted by atomic mass is 10.1. The summed E-state index contributed by atoms with van der Waals surface area (Å²) in [6.07, 6.45) is 1.96. The molecule has 1 rings (SSSR count). The van der Waals surface area contributed by atoms with Gasteiger partial charge in [0.1, 0.15) is 6.04 Å². The number of nitrogens with two attached hydrogens (primary N) is 1. The van der Waals surface area contributed by atoms with Crippen molar-refractivity contribution in [1.82, 2.24) is 4.98 Å². The lowest BCUT2D eigenvalue weighted by Gasteiger charge is -2.04. The summed E-state index contributed by atoms with van der Waals surface area (Å²) >= 11 is 2.13. The smallest absolute Gasteiger partial charge is 0.320 e. The molecule has 0 fully saturated rings. The van der Waals surface area contributed by atoms with Gasteiger partial charge in [-0.25, -0.2) is 0 Å². The van der Waals surface area contributed by atoms with Gasteiger partial charge in [0.05, 0.1) is 0 Å². The second-order valence-electron chi connectivity index (χ2n) is 2.62. The fourth-order valence-electron chi connectivity index (χ4n) is 0.840.